The molecule has 0 unspecified atom stereocenters. The molecule has 3 rings (SSSR count). The molecule has 0 aliphatic heterocycles. The highest BCUT2D eigenvalue weighted by Crippen LogP contribution is 2.40. The quantitative estimate of drug-likeness (QED) is 0.323. The molecule has 0 radical (unpaired) electrons. The molecule has 11 heteroatoms. The Labute approximate surface area is 179 Å². The summed E-state index contributed by atoms with van der Waals surface area (Å²) in [6.45, 7) is 0. The summed E-state index contributed by atoms with van der Waals surface area (Å²) in [7, 11) is 2.28. The van der Waals surface area contributed by atoms with Crippen molar-refractivity contribution in [3.8, 4) is 16.9 Å². The fourth-order valence-electron chi connectivity index (χ4n) is 2.82. The number of nitrogens with zero attached hydrogens (tertiary/aromatic N) is 3. The van der Waals surface area contributed by atoms with Crippen LogP contribution in [-0.2, 0) is 9.47 Å². The van der Waals surface area contributed by atoms with Crippen molar-refractivity contribution in [1.29, 1.82) is 0 Å². The van der Waals surface area contributed by atoms with Crippen LogP contribution in [0.3, 0.4) is 0 Å². The van der Waals surface area contributed by atoms with Crippen molar-refractivity contribution in [2.75, 3.05) is 14.2 Å². The summed E-state index contributed by atoms with van der Waals surface area (Å²) in [6.07, 6.45) is 0. The van der Waals surface area contributed by atoms with Crippen LogP contribution in [0.1, 0.15) is 20.8 Å². The molecule has 0 aliphatic carbocycles. The van der Waals surface area contributed by atoms with Gasteiger partial charge in [-0.25, -0.2) is 14.3 Å². The minimum Gasteiger partial charge on any atom is -0.465 e. The maximum absolute atomic E-state index is 12.6. The predicted octanol–water partition coefficient (Wildman–Crippen LogP) is 4.33. The zero-order chi connectivity index (χ0) is 22.0. The Morgan fingerprint density at radius 1 is 1.03 bits per heavy atom. The number of non-ortho nitro benzene ring substituents is 1. The van der Waals surface area contributed by atoms with Crippen molar-refractivity contribution in [1.82, 2.24) is 9.78 Å². The van der Waals surface area contributed by atoms with Crippen molar-refractivity contribution >= 4 is 40.8 Å². The SMILES string of the molecule is COC(=O)c1c(-c2c(Cl)cc([N+](=O)[O-])cc2Cl)nn(-c2ccccc2)c1C(=O)OC. The zero-order valence-electron chi connectivity index (χ0n) is 15.6. The largest absolute Gasteiger partial charge is 0.465 e. The van der Waals surface area contributed by atoms with Gasteiger partial charge in [-0.15, -0.1) is 0 Å². The summed E-state index contributed by atoms with van der Waals surface area (Å²) in [5.74, 6) is -1.75. The molecule has 0 fully saturated rings. The topological polar surface area (TPSA) is 114 Å². The lowest BCUT2D eigenvalue weighted by molar-refractivity contribution is -0.384. The molecule has 1 heterocycles. The summed E-state index contributed by atoms with van der Waals surface area (Å²) >= 11 is 12.5. The Kier molecular flexibility index (Phi) is 6.04. The molecule has 0 saturated heterocycles. The van der Waals surface area contributed by atoms with Gasteiger partial charge >= 0.3 is 11.9 Å². The van der Waals surface area contributed by atoms with Crippen LogP contribution in [0.15, 0.2) is 42.5 Å². The van der Waals surface area contributed by atoms with Crippen LogP contribution in [0.4, 0.5) is 5.69 Å². The van der Waals surface area contributed by atoms with Crippen LogP contribution in [0, 0.1) is 10.1 Å². The van der Waals surface area contributed by atoms with E-state index < -0.39 is 16.9 Å². The van der Waals surface area contributed by atoms with Crippen molar-refractivity contribution in [2.24, 2.45) is 0 Å². The molecule has 0 spiro atoms. The van der Waals surface area contributed by atoms with E-state index in [2.05, 4.69) is 5.10 Å². The molecular weight excluding hydrogens is 437 g/mol. The highest BCUT2D eigenvalue weighted by molar-refractivity contribution is 6.39. The Hall–Kier alpha value is -3.43. The minimum atomic E-state index is -0.891. The number of para-hydroxylation sites is 1. The van der Waals surface area contributed by atoms with Gasteiger partial charge in [-0.2, -0.15) is 5.10 Å². The van der Waals surface area contributed by atoms with E-state index >= 15 is 0 Å². The van der Waals surface area contributed by atoms with Crippen LogP contribution in [-0.4, -0.2) is 40.9 Å². The van der Waals surface area contributed by atoms with E-state index in [-0.39, 0.29) is 38.2 Å². The van der Waals surface area contributed by atoms with Gasteiger partial charge in [-0.3, -0.25) is 10.1 Å². The molecule has 0 atom stereocenters. The maximum atomic E-state index is 12.6. The maximum Gasteiger partial charge on any atom is 0.357 e. The normalized spacial score (nSPS) is 10.5. The molecule has 9 nitrogen and oxygen atoms in total. The zero-order valence-corrected chi connectivity index (χ0v) is 17.1. The smallest absolute Gasteiger partial charge is 0.357 e. The van der Waals surface area contributed by atoms with Crippen LogP contribution in [0.25, 0.3) is 16.9 Å². The van der Waals surface area contributed by atoms with Gasteiger partial charge < -0.3 is 9.47 Å². The molecular formula is C19H13Cl2N3O6. The third-order valence-electron chi connectivity index (χ3n) is 4.13. The number of ether oxygens (including phenoxy) is 2. The molecule has 0 amide bonds. The highest BCUT2D eigenvalue weighted by Gasteiger charge is 2.33. The van der Waals surface area contributed by atoms with Gasteiger partial charge in [0, 0.05) is 17.7 Å². The Balaban J connectivity index is 2.41. The summed E-state index contributed by atoms with van der Waals surface area (Å²) in [6, 6.07) is 10.6. The van der Waals surface area contributed by atoms with Gasteiger partial charge in [0.05, 0.1) is 34.9 Å². The number of rotatable bonds is 5. The third kappa shape index (κ3) is 3.72. The number of aromatic nitrogens is 2. The average Bonchev–Trinajstić information content (AvgIpc) is 3.12. The fraction of sp³-hybridized carbons (Fsp3) is 0.105. The summed E-state index contributed by atoms with van der Waals surface area (Å²) < 4.78 is 10.9. The van der Waals surface area contributed by atoms with E-state index in [9.17, 15) is 19.7 Å². The van der Waals surface area contributed by atoms with Crippen molar-refractivity contribution in [3.63, 3.8) is 0 Å². The summed E-state index contributed by atoms with van der Waals surface area (Å²) in [5, 5.41) is 15.2. The molecule has 1 aromatic heterocycles. The number of benzene rings is 2. The minimum absolute atomic E-state index is 0.0316. The monoisotopic (exact) mass is 449 g/mol. The Morgan fingerprint density at radius 3 is 2.10 bits per heavy atom. The van der Waals surface area contributed by atoms with Gasteiger partial charge in [0.25, 0.3) is 5.69 Å². The van der Waals surface area contributed by atoms with Gasteiger partial charge in [0.2, 0.25) is 0 Å². The number of hydrogen-bond acceptors (Lipinski definition) is 7. The molecule has 0 saturated carbocycles. The van der Waals surface area contributed by atoms with E-state index in [1.165, 1.54) is 4.68 Å². The van der Waals surface area contributed by atoms with Crippen molar-refractivity contribution < 1.29 is 24.0 Å². The van der Waals surface area contributed by atoms with Crippen LogP contribution >= 0.6 is 23.2 Å². The van der Waals surface area contributed by atoms with E-state index in [1.54, 1.807) is 30.3 Å². The summed E-state index contributed by atoms with van der Waals surface area (Å²) in [5.41, 5.74) is -0.408. The second kappa shape index (κ2) is 8.52. The Bertz CT molecular complexity index is 1140. The number of hydrogen-bond donors (Lipinski definition) is 0. The number of methoxy groups -OCH3 is 2. The van der Waals surface area contributed by atoms with Gasteiger partial charge in [-0.1, -0.05) is 41.4 Å². The number of carbonyl (C=O) groups excluding carboxylic acids is 2. The van der Waals surface area contributed by atoms with Crippen LogP contribution in [0.2, 0.25) is 10.0 Å². The molecule has 2 aromatic carbocycles. The number of carbonyl (C=O) groups is 2. The second-order valence-corrected chi connectivity index (χ2v) is 6.66. The van der Waals surface area contributed by atoms with Crippen molar-refractivity contribution in [3.05, 3.63) is 73.9 Å². The Morgan fingerprint density at radius 2 is 1.60 bits per heavy atom. The average molecular weight is 450 g/mol. The summed E-state index contributed by atoms with van der Waals surface area (Å²) in [4.78, 5) is 35.6. The first kappa shape index (κ1) is 21.3. The van der Waals surface area contributed by atoms with Gasteiger partial charge in [0.15, 0.2) is 5.69 Å². The molecule has 30 heavy (non-hydrogen) atoms. The lowest BCUT2D eigenvalue weighted by Gasteiger charge is -2.07. The van der Waals surface area contributed by atoms with Gasteiger partial charge in [0.1, 0.15) is 11.3 Å². The first-order valence-corrected chi connectivity index (χ1v) is 9.04. The van der Waals surface area contributed by atoms with E-state index in [1.807, 2.05) is 0 Å². The molecule has 0 bridgehead atoms. The first-order chi connectivity index (χ1) is 14.3. The lowest BCUT2D eigenvalue weighted by Crippen LogP contribution is -2.15. The number of halogens is 2. The van der Waals surface area contributed by atoms with Crippen LogP contribution < -0.4 is 0 Å². The van der Waals surface area contributed by atoms with Crippen LogP contribution in [0.5, 0.6) is 0 Å². The van der Waals surface area contributed by atoms with E-state index in [0.29, 0.717) is 5.69 Å². The van der Waals surface area contributed by atoms with E-state index in [0.717, 1.165) is 26.4 Å². The molecule has 154 valence electrons. The highest BCUT2D eigenvalue weighted by atomic mass is 35.5. The first-order valence-electron chi connectivity index (χ1n) is 8.29. The number of nitro benzene ring substituents is 1. The van der Waals surface area contributed by atoms with Gasteiger partial charge in [-0.05, 0) is 12.1 Å². The predicted molar refractivity (Wildman–Crippen MR) is 108 cm³/mol. The lowest BCUT2D eigenvalue weighted by atomic mass is 10.0. The number of esters is 2. The standard InChI is InChI=1S/C19H13Cl2N3O6/c1-29-18(25)15-16(14-12(20)8-11(24(27)28)9-13(14)21)22-23(17(15)19(26)30-2)10-6-4-3-5-7-10/h3-9H,1-2H3. The van der Waals surface area contributed by atoms with Crippen molar-refractivity contribution in [2.45, 2.75) is 0 Å². The molecule has 0 N–H and O–H groups in total. The number of nitro groups is 1. The second-order valence-electron chi connectivity index (χ2n) is 5.84. The fourth-order valence-corrected chi connectivity index (χ4v) is 3.48. The molecule has 0 aliphatic rings. The van der Waals surface area contributed by atoms with E-state index in [4.69, 9.17) is 32.7 Å². The molecule has 3 aromatic rings. The third-order valence-corrected chi connectivity index (χ3v) is 4.73.